The highest BCUT2D eigenvalue weighted by atomic mass is 32.1. The fourth-order valence-electron chi connectivity index (χ4n) is 2.56. The molecule has 0 bridgehead atoms. The Morgan fingerprint density at radius 3 is 2.50 bits per heavy atom. The van der Waals surface area contributed by atoms with Crippen LogP contribution in [0, 0.1) is 0 Å². The zero-order chi connectivity index (χ0) is 18.6. The van der Waals surface area contributed by atoms with E-state index in [1.807, 2.05) is 12.1 Å². The van der Waals surface area contributed by atoms with Crippen LogP contribution in [-0.2, 0) is 13.1 Å². The minimum Gasteiger partial charge on any atom is -0.454 e. The van der Waals surface area contributed by atoms with Crippen LogP contribution in [0.2, 0.25) is 0 Å². The Morgan fingerprint density at radius 1 is 1.04 bits per heavy atom. The molecule has 8 heteroatoms. The van der Waals surface area contributed by atoms with E-state index in [0.717, 1.165) is 16.0 Å². The number of fused-ring (bicyclic) bond motifs is 1. The lowest BCUT2D eigenvalue weighted by atomic mass is 10.2. The van der Waals surface area contributed by atoms with Gasteiger partial charge < -0.3 is 19.7 Å². The summed E-state index contributed by atoms with van der Waals surface area (Å²) in [5.41, 5.74) is 1.59. The fraction of sp³-hybridized carbons (Fsp3) is 0.278. The van der Waals surface area contributed by atoms with Crippen molar-refractivity contribution in [1.29, 1.82) is 0 Å². The van der Waals surface area contributed by atoms with E-state index in [2.05, 4.69) is 5.32 Å². The van der Waals surface area contributed by atoms with Crippen molar-refractivity contribution in [3.63, 3.8) is 0 Å². The Kier molecular flexibility index (Phi) is 5.51. The standard InChI is InChI=1S/C18H17F3N2O2S/c19-18(20,21)11-23(10-13-4-2-1-3-5-13)17(26)22-9-14-6-7-15-16(8-14)25-12-24-15/h1-8H,9-12H2,(H,22,26). The third-order valence-electron chi connectivity index (χ3n) is 3.75. The summed E-state index contributed by atoms with van der Waals surface area (Å²) < 4.78 is 49.3. The first-order chi connectivity index (χ1) is 12.4. The molecule has 0 saturated heterocycles. The van der Waals surface area contributed by atoms with Gasteiger partial charge in [-0.05, 0) is 35.5 Å². The Balaban J connectivity index is 1.64. The Morgan fingerprint density at radius 2 is 1.77 bits per heavy atom. The number of alkyl halides is 3. The summed E-state index contributed by atoms with van der Waals surface area (Å²) in [6.45, 7) is -0.581. The largest absolute Gasteiger partial charge is 0.454 e. The van der Waals surface area contributed by atoms with Crippen LogP contribution in [0.3, 0.4) is 0 Å². The van der Waals surface area contributed by atoms with Crippen molar-refractivity contribution >= 4 is 17.3 Å². The number of nitrogens with one attached hydrogen (secondary N) is 1. The molecule has 3 rings (SSSR count). The summed E-state index contributed by atoms with van der Waals surface area (Å²) in [5, 5.41) is 2.94. The van der Waals surface area contributed by atoms with E-state index < -0.39 is 12.7 Å². The molecule has 0 atom stereocenters. The zero-order valence-corrected chi connectivity index (χ0v) is 14.6. The summed E-state index contributed by atoms with van der Waals surface area (Å²) in [4.78, 5) is 1.11. The molecule has 4 nitrogen and oxygen atoms in total. The molecule has 1 aliphatic rings. The lowest BCUT2D eigenvalue weighted by Gasteiger charge is -2.27. The maximum atomic E-state index is 12.9. The highest BCUT2D eigenvalue weighted by molar-refractivity contribution is 7.80. The molecular weight excluding hydrogens is 365 g/mol. The summed E-state index contributed by atoms with van der Waals surface area (Å²) in [7, 11) is 0. The summed E-state index contributed by atoms with van der Waals surface area (Å²) >= 11 is 5.20. The monoisotopic (exact) mass is 382 g/mol. The molecule has 1 N–H and O–H groups in total. The van der Waals surface area contributed by atoms with E-state index in [9.17, 15) is 13.2 Å². The van der Waals surface area contributed by atoms with E-state index >= 15 is 0 Å². The van der Waals surface area contributed by atoms with Gasteiger partial charge in [-0.15, -0.1) is 0 Å². The van der Waals surface area contributed by atoms with Gasteiger partial charge in [-0.1, -0.05) is 36.4 Å². The van der Waals surface area contributed by atoms with Gasteiger partial charge in [0.2, 0.25) is 6.79 Å². The van der Waals surface area contributed by atoms with Crippen molar-refractivity contribution in [1.82, 2.24) is 10.2 Å². The van der Waals surface area contributed by atoms with Crippen molar-refractivity contribution in [3.05, 3.63) is 59.7 Å². The molecule has 2 aromatic carbocycles. The lowest BCUT2D eigenvalue weighted by Crippen LogP contribution is -2.43. The van der Waals surface area contributed by atoms with E-state index in [1.54, 1.807) is 36.4 Å². The number of thiocarbonyl (C=S) groups is 1. The fourth-order valence-corrected chi connectivity index (χ4v) is 2.76. The van der Waals surface area contributed by atoms with Crippen LogP contribution >= 0.6 is 12.2 Å². The van der Waals surface area contributed by atoms with Crippen LogP contribution < -0.4 is 14.8 Å². The molecule has 0 amide bonds. The topological polar surface area (TPSA) is 33.7 Å². The van der Waals surface area contributed by atoms with Crippen molar-refractivity contribution in [2.45, 2.75) is 19.3 Å². The first-order valence-corrected chi connectivity index (χ1v) is 8.33. The van der Waals surface area contributed by atoms with Crippen molar-refractivity contribution < 1.29 is 22.6 Å². The van der Waals surface area contributed by atoms with Gasteiger partial charge in [0.05, 0.1) is 0 Å². The molecule has 26 heavy (non-hydrogen) atoms. The van der Waals surface area contributed by atoms with Crippen LogP contribution in [0.5, 0.6) is 11.5 Å². The molecule has 0 radical (unpaired) electrons. The summed E-state index contributed by atoms with van der Waals surface area (Å²) in [6.07, 6.45) is -4.35. The number of hydrogen-bond donors (Lipinski definition) is 1. The van der Waals surface area contributed by atoms with E-state index in [1.165, 1.54) is 0 Å². The minimum absolute atomic E-state index is 0.0452. The van der Waals surface area contributed by atoms with Gasteiger partial charge in [-0.3, -0.25) is 0 Å². The first-order valence-electron chi connectivity index (χ1n) is 7.93. The average Bonchev–Trinajstić information content (AvgIpc) is 3.06. The predicted molar refractivity (Wildman–Crippen MR) is 94.9 cm³/mol. The van der Waals surface area contributed by atoms with Crippen molar-refractivity contribution in [3.8, 4) is 11.5 Å². The summed E-state index contributed by atoms with van der Waals surface area (Å²) in [6, 6.07) is 14.3. The number of hydrogen-bond acceptors (Lipinski definition) is 3. The van der Waals surface area contributed by atoms with Gasteiger partial charge in [0.1, 0.15) is 6.54 Å². The van der Waals surface area contributed by atoms with Gasteiger partial charge in [0, 0.05) is 13.1 Å². The SMILES string of the molecule is FC(F)(F)CN(Cc1ccccc1)C(=S)NCc1ccc2c(c1)OCO2. The molecule has 0 unspecified atom stereocenters. The Labute approximate surface area is 154 Å². The second-order valence-electron chi connectivity index (χ2n) is 5.80. The van der Waals surface area contributed by atoms with E-state index in [-0.39, 0.29) is 18.5 Å². The maximum absolute atomic E-state index is 12.9. The van der Waals surface area contributed by atoms with Crippen LogP contribution in [0.25, 0.3) is 0 Å². The van der Waals surface area contributed by atoms with Gasteiger partial charge in [0.15, 0.2) is 16.6 Å². The quantitative estimate of drug-likeness (QED) is 0.795. The van der Waals surface area contributed by atoms with Gasteiger partial charge in [-0.2, -0.15) is 13.2 Å². The number of halogens is 3. The van der Waals surface area contributed by atoms with E-state index in [4.69, 9.17) is 21.7 Å². The highest BCUT2D eigenvalue weighted by Crippen LogP contribution is 2.32. The molecular formula is C18H17F3N2O2S. The number of ether oxygens (including phenoxy) is 2. The molecule has 0 spiro atoms. The second-order valence-corrected chi connectivity index (χ2v) is 6.19. The van der Waals surface area contributed by atoms with Crippen molar-refractivity contribution in [2.75, 3.05) is 13.3 Å². The molecule has 1 heterocycles. The predicted octanol–water partition coefficient (Wildman–Crippen LogP) is 3.85. The molecule has 0 aromatic heterocycles. The molecule has 2 aromatic rings. The Bertz CT molecular complexity index is 769. The first kappa shape index (κ1) is 18.3. The normalized spacial score (nSPS) is 12.7. The van der Waals surface area contributed by atoms with Gasteiger partial charge in [0.25, 0.3) is 0 Å². The van der Waals surface area contributed by atoms with Gasteiger partial charge in [-0.25, -0.2) is 0 Å². The third-order valence-corrected chi connectivity index (χ3v) is 4.16. The van der Waals surface area contributed by atoms with Crippen LogP contribution in [-0.4, -0.2) is 29.5 Å². The number of nitrogens with zero attached hydrogens (tertiary/aromatic N) is 1. The van der Waals surface area contributed by atoms with Crippen molar-refractivity contribution in [2.24, 2.45) is 0 Å². The number of benzene rings is 2. The van der Waals surface area contributed by atoms with Crippen LogP contribution in [0.4, 0.5) is 13.2 Å². The van der Waals surface area contributed by atoms with Crippen LogP contribution in [0.15, 0.2) is 48.5 Å². The molecule has 1 aliphatic heterocycles. The van der Waals surface area contributed by atoms with Gasteiger partial charge >= 0.3 is 6.18 Å². The average molecular weight is 382 g/mol. The minimum atomic E-state index is -4.35. The smallest absolute Gasteiger partial charge is 0.406 e. The lowest BCUT2D eigenvalue weighted by molar-refractivity contribution is -0.138. The molecule has 0 fully saturated rings. The molecule has 138 valence electrons. The van der Waals surface area contributed by atoms with Crippen LogP contribution in [0.1, 0.15) is 11.1 Å². The Hall–Kier alpha value is -2.48. The summed E-state index contributed by atoms with van der Waals surface area (Å²) in [5.74, 6) is 1.27. The highest BCUT2D eigenvalue weighted by Gasteiger charge is 2.32. The molecule has 0 saturated carbocycles. The number of rotatable bonds is 5. The zero-order valence-electron chi connectivity index (χ0n) is 13.8. The van der Waals surface area contributed by atoms with E-state index in [0.29, 0.717) is 18.0 Å². The molecule has 0 aliphatic carbocycles. The maximum Gasteiger partial charge on any atom is 0.406 e. The third kappa shape index (κ3) is 5.01. The second kappa shape index (κ2) is 7.82.